The van der Waals surface area contributed by atoms with Gasteiger partial charge in [0.1, 0.15) is 0 Å². The van der Waals surface area contributed by atoms with Crippen molar-refractivity contribution in [3.8, 4) is 0 Å². The Bertz CT molecular complexity index is 337. The summed E-state index contributed by atoms with van der Waals surface area (Å²) in [5, 5.41) is 3.42. The van der Waals surface area contributed by atoms with Gasteiger partial charge in [0.05, 0.1) is 0 Å². The number of benzene rings is 1. The average Bonchev–Trinajstić information content (AvgIpc) is 2.18. The van der Waals surface area contributed by atoms with Crippen LogP contribution in [0.3, 0.4) is 0 Å². The summed E-state index contributed by atoms with van der Waals surface area (Å²) in [4.78, 5) is 0. The summed E-state index contributed by atoms with van der Waals surface area (Å²) < 4.78 is 0. The third-order valence-electron chi connectivity index (χ3n) is 2.38. The second-order valence-corrected chi connectivity index (χ2v) is 4.38. The van der Waals surface area contributed by atoms with Crippen molar-refractivity contribution in [1.29, 1.82) is 0 Å². The van der Waals surface area contributed by atoms with Crippen LogP contribution in [0.4, 0.5) is 0 Å². The SMILES string of the molecule is CC(=Cc1ccccc1C)CNC(C)C. The number of rotatable bonds is 4. The smallest absolute Gasteiger partial charge is 0.0167 e. The molecule has 0 unspecified atom stereocenters. The Morgan fingerprint density at radius 2 is 2.00 bits per heavy atom. The lowest BCUT2D eigenvalue weighted by atomic mass is 10.1. The molecule has 0 aliphatic carbocycles. The Kier molecular flexibility index (Phi) is 4.57. The molecule has 0 aliphatic heterocycles. The quantitative estimate of drug-likeness (QED) is 0.791. The summed E-state index contributed by atoms with van der Waals surface area (Å²) in [7, 11) is 0. The van der Waals surface area contributed by atoms with Gasteiger partial charge in [-0.1, -0.05) is 49.8 Å². The van der Waals surface area contributed by atoms with Gasteiger partial charge in [-0.05, 0) is 25.0 Å². The number of hydrogen-bond acceptors (Lipinski definition) is 1. The van der Waals surface area contributed by atoms with Crippen molar-refractivity contribution in [3.63, 3.8) is 0 Å². The highest BCUT2D eigenvalue weighted by atomic mass is 14.9. The normalized spacial score (nSPS) is 12.2. The van der Waals surface area contributed by atoms with Gasteiger partial charge in [-0.2, -0.15) is 0 Å². The van der Waals surface area contributed by atoms with E-state index in [0.29, 0.717) is 6.04 Å². The minimum absolute atomic E-state index is 0.547. The predicted octanol–water partition coefficient (Wildman–Crippen LogP) is 3.40. The predicted molar refractivity (Wildman–Crippen MR) is 68.0 cm³/mol. The first kappa shape index (κ1) is 12.0. The molecule has 0 bridgehead atoms. The fourth-order valence-corrected chi connectivity index (χ4v) is 1.43. The second kappa shape index (κ2) is 5.72. The second-order valence-electron chi connectivity index (χ2n) is 4.38. The molecule has 1 heteroatoms. The first-order chi connectivity index (χ1) is 7.09. The summed E-state index contributed by atoms with van der Waals surface area (Å²) >= 11 is 0. The zero-order valence-corrected chi connectivity index (χ0v) is 10.2. The van der Waals surface area contributed by atoms with E-state index in [2.05, 4.69) is 63.4 Å². The average molecular weight is 203 g/mol. The van der Waals surface area contributed by atoms with Crippen molar-refractivity contribution in [3.05, 3.63) is 41.0 Å². The Balaban J connectivity index is 2.66. The lowest BCUT2D eigenvalue weighted by Gasteiger charge is -2.08. The van der Waals surface area contributed by atoms with E-state index in [-0.39, 0.29) is 0 Å². The van der Waals surface area contributed by atoms with Crippen LogP contribution in [0, 0.1) is 6.92 Å². The molecular weight excluding hydrogens is 182 g/mol. The van der Waals surface area contributed by atoms with Crippen molar-refractivity contribution >= 4 is 6.08 Å². The lowest BCUT2D eigenvalue weighted by molar-refractivity contribution is 0.623. The van der Waals surface area contributed by atoms with E-state index < -0.39 is 0 Å². The molecule has 1 nitrogen and oxygen atoms in total. The summed E-state index contributed by atoms with van der Waals surface area (Å²) in [5.41, 5.74) is 4.03. The summed E-state index contributed by atoms with van der Waals surface area (Å²) in [6, 6.07) is 9.02. The van der Waals surface area contributed by atoms with Crippen molar-refractivity contribution in [1.82, 2.24) is 5.32 Å². The molecule has 0 saturated heterocycles. The molecule has 1 N–H and O–H groups in total. The van der Waals surface area contributed by atoms with E-state index in [4.69, 9.17) is 0 Å². The highest BCUT2D eigenvalue weighted by Crippen LogP contribution is 2.11. The minimum atomic E-state index is 0.547. The molecule has 0 aliphatic rings. The first-order valence-electron chi connectivity index (χ1n) is 5.56. The zero-order valence-electron chi connectivity index (χ0n) is 10.2. The van der Waals surface area contributed by atoms with Crippen LogP contribution in [0.5, 0.6) is 0 Å². The molecule has 1 aromatic carbocycles. The third-order valence-corrected chi connectivity index (χ3v) is 2.38. The molecule has 82 valence electrons. The number of aryl methyl sites for hydroxylation is 1. The van der Waals surface area contributed by atoms with Crippen LogP contribution in [0.1, 0.15) is 31.9 Å². The van der Waals surface area contributed by atoms with E-state index >= 15 is 0 Å². The van der Waals surface area contributed by atoms with Gasteiger partial charge in [-0.15, -0.1) is 0 Å². The molecule has 1 aromatic rings. The van der Waals surface area contributed by atoms with Gasteiger partial charge < -0.3 is 5.32 Å². The highest BCUT2D eigenvalue weighted by molar-refractivity contribution is 5.56. The standard InChI is InChI=1S/C14H21N/c1-11(2)15-10-12(3)9-14-8-6-5-7-13(14)4/h5-9,11,15H,10H2,1-4H3. The van der Waals surface area contributed by atoms with Gasteiger partial charge in [-0.3, -0.25) is 0 Å². The molecule has 15 heavy (non-hydrogen) atoms. The van der Waals surface area contributed by atoms with Gasteiger partial charge in [0.25, 0.3) is 0 Å². The monoisotopic (exact) mass is 203 g/mol. The Morgan fingerprint density at radius 3 is 2.60 bits per heavy atom. The van der Waals surface area contributed by atoms with Gasteiger partial charge in [0.15, 0.2) is 0 Å². The van der Waals surface area contributed by atoms with Gasteiger partial charge in [0.2, 0.25) is 0 Å². The van der Waals surface area contributed by atoms with Crippen molar-refractivity contribution in [2.24, 2.45) is 0 Å². The molecule has 1 rings (SSSR count). The van der Waals surface area contributed by atoms with Gasteiger partial charge in [0, 0.05) is 12.6 Å². The molecule has 0 amide bonds. The Hall–Kier alpha value is -1.08. The zero-order chi connectivity index (χ0) is 11.3. The van der Waals surface area contributed by atoms with E-state index in [9.17, 15) is 0 Å². The maximum absolute atomic E-state index is 3.42. The highest BCUT2D eigenvalue weighted by Gasteiger charge is 1.96. The van der Waals surface area contributed by atoms with Crippen LogP contribution in [0.25, 0.3) is 6.08 Å². The summed E-state index contributed by atoms with van der Waals surface area (Å²) in [6.45, 7) is 9.62. The molecule has 0 aromatic heterocycles. The Morgan fingerprint density at radius 1 is 1.33 bits per heavy atom. The fraction of sp³-hybridized carbons (Fsp3) is 0.429. The Labute approximate surface area is 93.2 Å². The van der Waals surface area contributed by atoms with Crippen molar-refractivity contribution in [2.75, 3.05) is 6.54 Å². The third kappa shape index (κ3) is 4.30. The number of nitrogens with one attached hydrogen (secondary N) is 1. The van der Waals surface area contributed by atoms with Crippen molar-refractivity contribution < 1.29 is 0 Å². The van der Waals surface area contributed by atoms with Crippen LogP contribution < -0.4 is 5.32 Å². The van der Waals surface area contributed by atoms with E-state index in [1.165, 1.54) is 16.7 Å². The van der Waals surface area contributed by atoms with Crippen LogP contribution >= 0.6 is 0 Å². The fourth-order valence-electron chi connectivity index (χ4n) is 1.43. The topological polar surface area (TPSA) is 12.0 Å². The minimum Gasteiger partial charge on any atom is -0.311 e. The maximum Gasteiger partial charge on any atom is 0.0167 e. The molecule has 0 atom stereocenters. The van der Waals surface area contributed by atoms with Gasteiger partial charge in [-0.25, -0.2) is 0 Å². The molecule has 0 heterocycles. The van der Waals surface area contributed by atoms with Crippen LogP contribution in [-0.2, 0) is 0 Å². The van der Waals surface area contributed by atoms with Crippen LogP contribution in [0.15, 0.2) is 29.8 Å². The molecule has 0 fully saturated rings. The summed E-state index contributed by atoms with van der Waals surface area (Å²) in [6.07, 6.45) is 2.25. The lowest BCUT2D eigenvalue weighted by Crippen LogP contribution is -2.24. The van der Waals surface area contributed by atoms with E-state index in [1.807, 2.05) is 0 Å². The summed E-state index contributed by atoms with van der Waals surface area (Å²) in [5.74, 6) is 0. The van der Waals surface area contributed by atoms with E-state index in [0.717, 1.165) is 6.54 Å². The molecule has 0 saturated carbocycles. The first-order valence-corrected chi connectivity index (χ1v) is 5.56. The van der Waals surface area contributed by atoms with Crippen LogP contribution in [0.2, 0.25) is 0 Å². The van der Waals surface area contributed by atoms with Gasteiger partial charge >= 0.3 is 0 Å². The van der Waals surface area contributed by atoms with Crippen molar-refractivity contribution in [2.45, 2.75) is 33.7 Å². The number of hydrogen-bond donors (Lipinski definition) is 1. The van der Waals surface area contributed by atoms with E-state index in [1.54, 1.807) is 0 Å². The largest absolute Gasteiger partial charge is 0.311 e. The maximum atomic E-state index is 3.42. The molecular formula is C14H21N. The molecule has 0 radical (unpaired) electrons. The molecule has 0 spiro atoms. The van der Waals surface area contributed by atoms with Crippen LogP contribution in [-0.4, -0.2) is 12.6 Å².